The maximum Gasteiger partial charge on any atom is 0.171 e. The summed E-state index contributed by atoms with van der Waals surface area (Å²) in [6.45, 7) is 8.47. The Morgan fingerprint density at radius 1 is 1.07 bits per heavy atom. The molecule has 3 nitrogen and oxygen atoms in total. The van der Waals surface area contributed by atoms with Crippen molar-refractivity contribution in [3.05, 3.63) is 11.6 Å². The van der Waals surface area contributed by atoms with Gasteiger partial charge < -0.3 is 14.6 Å². The Bertz CT molecular complexity index is 709. The van der Waals surface area contributed by atoms with E-state index < -0.39 is 0 Å². The van der Waals surface area contributed by atoms with Crippen molar-refractivity contribution in [3.63, 3.8) is 0 Å². The molecule has 6 aliphatic rings. The van der Waals surface area contributed by atoms with E-state index in [1.807, 2.05) is 0 Å². The molecule has 162 valence electrons. The molecule has 3 saturated carbocycles. The normalized spacial score (nSPS) is 58.9. The van der Waals surface area contributed by atoms with Gasteiger partial charge in [-0.05, 0) is 92.3 Å². The lowest BCUT2D eigenvalue weighted by Crippen LogP contribution is -2.52. The zero-order chi connectivity index (χ0) is 20.0. The predicted molar refractivity (Wildman–Crippen MR) is 113 cm³/mol. The van der Waals surface area contributed by atoms with Crippen LogP contribution in [-0.4, -0.2) is 29.7 Å². The fraction of sp³-hybridized carbons (Fsp3) is 0.923. The first-order valence-corrected chi connectivity index (χ1v) is 12.6. The molecule has 5 unspecified atom stereocenters. The molecule has 0 radical (unpaired) electrons. The SMILES string of the molecule is C[C@H]1C2[C@H](CC3C4CC=C5C[C@@H](O)CC[C@]5(C)C4CC[C@@]32C)OC12CCCCO2. The molecule has 0 aromatic carbocycles. The standard InChI is InChI=1S/C26H40O3/c1-16-23-22(29-26(16)10-4-5-13-28-26)15-21-19-7-6-17-14-18(27)8-11-24(17,2)20(19)9-12-25(21,23)3/h6,16,18-23,27H,4-5,7-15H2,1-3H3/t16-,18-,19?,20?,21?,22-,23?,24-,25-,26?/m0/s1. The number of hydrogen-bond donors (Lipinski definition) is 1. The van der Waals surface area contributed by atoms with Gasteiger partial charge in [-0.3, -0.25) is 0 Å². The summed E-state index contributed by atoms with van der Waals surface area (Å²) in [6.07, 6.45) is 14.7. The summed E-state index contributed by atoms with van der Waals surface area (Å²) >= 11 is 0. The van der Waals surface area contributed by atoms with Gasteiger partial charge in [0.1, 0.15) is 0 Å². The largest absolute Gasteiger partial charge is 0.393 e. The summed E-state index contributed by atoms with van der Waals surface area (Å²) in [4.78, 5) is 0. The summed E-state index contributed by atoms with van der Waals surface area (Å²) in [5.74, 6) is 3.32. The molecule has 2 heterocycles. The Labute approximate surface area is 176 Å². The summed E-state index contributed by atoms with van der Waals surface area (Å²) in [5, 5.41) is 10.2. The quantitative estimate of drug-likeness (QED) is 0.548. The Balaban J connectivity index is 1.30. The van der Waals surface area contributed by atoms with Gasteiger partial charge in [0.25, 0.3) is 0 Å². The highest BCUT2D eigenvalue weighted by Crippen LogP contribution is 2.70. The number of ether oxygens (including phenoxy) is 2. The van der Waals surface area contributed by atoms with Crippen LogP contribution in [0, 0.1) is 40.4 Å². The Kier molecular flexibility index (Phi) is 4.21. The van der Waals surface area contributed by atoms with E-state index in [1.54, 1.807) is 5.57 Å². The lowest BCUT2D eigenvalue weighted by molar-refractivity contribution is -0.264. The fourth-order valence-electron chi connectivity index (χ4n) is 9.56. The number of allylic oxidation sites excluding steroid dienone is 1. The first kappa shape index (κ1) is 19.3. The van der Waals surface area contributed by atoms with Crippen LogP contribution in [0.25, 0.3) is 0 Å². The molecule has 0 aromatic rings. The molecule has 4 aliphatic carbocycles. The molecule has 2 saturated heterocycles. The van der Waals surface area contributed by atoms with Gasteiger partial charge in [0, 0.05) is 12.3 Å². The second kappa shape index (κ2) is 6.33. The average molecular weight is 401 g/mol. The van der Waals surface area contributed by atoms with Crippen LogP contribution in [0.1, 0.15) is 85.0 Å². The molecular formula is C26H40O3. The van der Waals surface area contributed by atoms with E-state index in [-0.39, 0.29) is 11.9 Å². The Morgan fingerprint density at radius 3 is 2.72 bits per heavy atom. The van der Waals surface area contributed by atoms with Gasteiger partial charge in [0.15, 0.2) is 5.79 Å². The van der Waals surface area contributed by atoms with E-state index in [0.717, 1.165) is 43.6 Å². The molecule has 0 bridgehead atoms. The predicted octanol–water partition coefficient (Wildman–Crippen LogP) is 5.47. The molecule has 5 fully saturated rings. The summed E-state index contributed by atoms with van der Waals surface area (Å²) in [7, 11) is 0. The molecule has 10 atom stereocenters. The second-order valence-electron chi connectivity index (χ2n) is 12.0. The van der Waals surface area contributed by atoms with Crippen molar-refractivity contribution in [3.8, 4) is 0 Å². The summed E-state index contributed by atoms with van der Waals surface area (Å²) in [6, 6.07) is 0. The highest BCUT2D eigenvalue weighted by molar-refractivity contribution is 5.26. The van der Waals surface area contributed by atoms with Gasteiger partial charge in [-0.15, -0.1) is 0 Å². The fourth-order valence-corrected chi connectivity index (χ4v) is 9.56. The van der Waals surface area contributed by atoms with E-state index >= 15 is 0 Å². The second-order valence-corrected chi connectivity index (χ2v) is 12.0. The third-order valence-corrected chi connectivity index (χ3v) is 11.0. The molecule has 2 aliphatic heterocycles. The lowest BCUT2D eigenvalue weighted by atomic mass is 9.47. The smallest absolute Gasteiger partial charge is 0.171 e. The molecule has 1 spiro atoms. The van der Waals surface area contributed by atoms with Crippen LogP contribution in [0.3, 0.4) is 0 Å². The molecular weight excluding hydrogens is 360 g/mol. The Hall–Kier alpha value is -0.380. The molecule has 1 N–H and O–H groups in total. The lowest BCUT2D eigenvalue weighted by Gasteiger charge is -2.58. The van der Waals surface area contributed by atoms with E-state index in [2.05, 4.69) is 26.8 Å². The van der Waals surface area contributed by atoms with Crippen LogP contribution in [0.15, 0.2) is 11.6 Å². The maximum absolute atomic E-state index is 10.2. The number of rotatable bonds is 0. The Morgan fingerprint density at radius 2 is 1.93 bits per heavy atom. The monoisotopic (exact) mass is 400 g/mol. The number of fused-ring (bicyclic) bond motifs is 7. The van der Waals surface area contributed by atoms with E-state index in [1.165, 1.54) is 44.9 Å². The van der Waals surface area contributed by atoms with Crippen molar-refractivity contribution in [1.29, 1.82) is 0 Å². The van der Waals surface area contributed by atoms with Gasteiger partial charge in [0.05, 0.1) is 18.8 Å². The van der Waals surface area contributed by atoms with Crippen molar-refractivity contribution in [2.45, 2.75) is 103 Å². The van der Waals surface area contributed by atoms with Gasteiger partial charge in [-0.25, -0.2) is 0 Å². The zero-order valence-corrected chi connectivity index (χ0v) is 18.7. The highest BCUT2D eigenvalue weighted by atomic mass is 16.7. The zero-order valence-electron chi connectivity index (χ0n) is 18.7. The van der Waals surface area contributed by atoms with Gasteiger partial charge in [-0.2, -0.15) is 0 Å². The minimum atomic E-state index is -0.274. The van der Waals surface area contributed by atoms with Crippen LogP contribution in [0.2, 0.25) is 0 Å². The van der Waals surface area contributed by atoms with Crippen molar-refractivity contribution in [1.82, 2.24) is 0 Å². The highest BCUT2D eigenvalue weighted by Gasteiger charge is 2.68. The number of aliphatic hydroxyl groups is 1. The van der Waals surface area contributed by atoms with Gasteiger partial charge in [0.2, 0.25) is 0 Å². The topological polar surface area (TPSA) is 38.7 Å². The third-order valence-electron chi connectivity index (χ3n) is 11.0. The van der Waals surface area contributed by atoms with Crippen LogP contribution in [0.4, 0.5) is 0 Å². The van der Waals surface area contributed by atoms with Crippen molar-refractivity contribution in [2.24, 2.45) is 40.4 Å². The van der Waals surface area contributed by atoms with E-state index in [0.29, 0.717) is 28.8 Å². The van der Waals surface area contributed by atoms with Crippen LogP contribution in [-0.2, 0) is 9.47 Å². The van der Waals surface area contributed by atoms with Crippen LogP contribution >= 0.6 is 0 Å². The van der Waals surface area contributed by atoms with E-state index in [9.17, 15) is 5.11 Å². The molecule has 29 heavy (non-hydrogen) atoms. The number of hydrogen-bond acceptors (Lipinski definition) is 3. The van der Waals surface area contributed by atoms with E-state index in [4.69, 9.17) is 9.47 Å². The molecule has 0 amide bonds. The third kappa shape index (κ3) is 2.47. The minimum Gasteiger partial charge on any atom is -0.393 e. The first-order chi connectivity index (χ1) is 13.9. The van der Waals surface area contributed by atoms with Crippen molar-refractivity contribution < 1.29 is 14.6 Å². The van der Waals surface area contributed by atoms with Crippen LogP contribution in [0.5, 0.6) is 0 Å². The maximum atomic E-state index is 10.2. The first-order valence-electron chi connectivity index (χ1n) is 12.6. The number of aliphatic hydroxyl groups excluding tert-OH is 1. The molecule has 0 aromatic heterocycles. The molecule has 6 rings (SSSR count). The van der Waals surface area contributed by atoms with Gasteiger partial charge >= 0.3 is 0 Å². The molecule has 3 heteroatoms. The van der Waals surface area contributed by atoms with Crippen molar-refractivity contribution in [2.75, 3.05) is 6.61 Å². The van der Waals surface area contributed by atoms with Gasteiger partial charge in [-0.1, -0.05) is 32.4 Å². The van der Waals surface area contributed by atoms with Crippen molar-refractivity contribution >= 4 is 0 Å². The van der Waals surface area contributed by atoms with Crippen LogP contribution < -0.4 is 0 Å². The summed E-state index contributed by atoms with van der Waals surface area (Å²) < 4.78 is 13.2. The summed E-state index contributed by atoms with van der Waals surface area (Å²) in [5.41, 5.74) is 2.32. The average Bonchev–Trinajstić information content (AvgIpc) is 3.14. The minimum absolute atomic E-state index is 0.105.